The average Bonchev–Trinajstić information content (AvgIpc) is 3.29. The maximum atomic E-state index is 12.8. The Balaban J connectivity index is 1.57. The molecule has 0 atom stereocenters. The van der Waals surface area contributed by atoms with Crippen LogP contribution in [0.3, 0.4) is 0 Å². The number of nitrogens with one attached hydrogen (secondary N) is 1. The number of halogens is 1. The zero-order valence-electron chi connectivity index (χ0n) is 17.4. The third-order valence-corrected chi connectivity index (χ3v) is 5.17. The summed E-state index contributed by atoms with van der Waals surface area (Å²) in [5.41, 5.74) is 3.81. The van der Waals surface area contributed by atoms with Gasteiger partial charge >= 0.3 is 0 Å². The molecule has 1 N–H and O–H groups in total. The molecule has 0 aliphatic heterocycles. The summed E-state index contributed by atoms with van der Waals surface area (Å²) in [5.74, 6) is 0.0408. The van der Waals surface area contributed by atoms with Gasteiger partial charge in [-0.3, -0.25) is 9.59 Å². The van der Waals surface area contributed by atoms with Crippen LogP contribution in [0.1, 0.15) is 27.6 Å². The van der Waals surface area contributed by atoms with Crippen molar-refractivity contribution in [2.24, 2.45) is 0 Å². The van der Waals surface area contributed by atoms with Gasteiger partial charge in [0.1, 0.15) is 5.75 Å². The number of anilines is 1. The third-order valence-electron chi connectivity index (χ3n) is 4.92. The fourth-order valence-electron chi connectivity index (χ4n) is 3.22. The van der Waals surface area contributed by atoms with Crippen LogP contribution in [-0.4, -0.2) is 33.8 Å². The molecule has 1 heterocycles. The Hall–Kier alpha value is -3.97. The van der Waals surface area contributed by atoms with Crippen LogP contribution in [0.4, 0.5) is 5.69 Å². The largest absolute Gasteiger partial charge is 0.495 e. The summed E-state index contributed by atoms with van der Waals surface area (Å²) in [5, 5.41) is 11.6. The predicted octanol–water partition coefficient (Wildman–Crippen LogP) is 5.05. The number of carbonyl (C=O) groups is 2. The quantitative estimate of drug-likeness (QED) is 0.419. The molecular formula is C24H19ClN4O3. The number of rotatable bonds is 6. The highest BCUT2D eigenvalue weighted by Gasteiger charge is 2.14. The second-order valence-electron chi connectivity index (χ2n) is 7.01. The number of nitrogens with zero attached hydrogens (tertiary/aromatic N) is 3. The standard InChI is InChI=1S/C24H19ClN4O3/c1-15(30)18-7-12-23(32-2)21(13-18)27-24(31)17-5-10-20(11-6-17)29-22(14-26-28-29)16-3-8-19(25)9-4-16/h3-14H,1-2H3,(H,27,31). The zero-order valence-corrected chi connectivity index (χ0v) is 18.1. The van der Waals surface area contributed by atoms with Gasteiger partial charge in [0.15, 0.2) is 5.78 Å². The van der Waals surface area contributed by atoms with E-state index in [9.17, 15) is 9.59 Å². The Labute approximate surface area is 189 Å². The number of hydrogen-bond donors (Lipinski definition) is 1. The number of benzene rings is 3. The zero-order chi connectivity index (χ0) is 22.7. The van der Waals surface area contributed by atoms with Crippen molar-refractivity contribution in [2.45, 2.75) is 6.92 Å². The van der Waals surface area contributed by atoms with Crippen molar-refractivity contribution >= 4 is 29.0 Å². The highest BCUT2D eigenvalue weighted by molar-refractivity contribution is 6.30. The molecule has 1 aromatic heterocycles. The molecule has 0 radical (unpaired) electrons. The highest BCUT2D eigenvalue weighted by atomic mass is 35.5. The minimum atomic E-state index is -0.327. The molecule has 0 unspecified atom stereocenters. The number of Topliss-reactive ketones (excluding diaryl/α,β-unsaturated/α-hetero) is 1. The summed E-state index contributed by atoms with van der Waals surface area (Å²) < 4.78 is 6.98. The Morgan fingerprint density at radius 1 is 0.969 bits per heavy atom. The van der Waals surface area contributed by atoms with E-state index in [1.807, 2.05) is 12.1 Å². The molecule has 0 spiro atoms. The smallest absolute Gasteiger partial charge is 0.255 e. The van der Waals surface area contributed by atoms with Crippen molar-refractivity contribution in [1.82, 2.24) is 15.0 Å². The first-order valence-corrected chi connectivity index (χ1v) is 10.1. The minimum absolute atomic E-state index is 0.100. The summed E-state index contributed by atoms with van der Waals surface area (Å²) in [6.07, 6.45) is 1.66. The number of aromatic nitrogens is 3. The van der Waals surface area contributed by atoms with Crippen molar-refractivity contribution in [1.29, 1.82) is 0 Å². The molecule has 4 aromatic rings. The molecular weight excluding hydrogens is 428 g/mol. The summed E-state index contributed by atoms with van der Waals surface area (Å²) in [6, 6.07) is 19.2. The van der Waals surface area contributed by atoms with Crippen LogP contribution in [-0.2, 0) is 0 Å². The lowest BCUT2D eigenvalue weighted by Crippen LogP contribution is -2.13. The van der Waals surface area contributed by atoms with Gasteiger partial charge in [0.05, 0.1) is 30.4 Å². The van der Waals surface area contributed by atoms with Gasteiger partial charge in [0, 0.05) is 21.7 Å². The van der Waals surface area contributed by atoms with E-state index in [0.717, 1.165) is 16.9 Å². The first-order valence-electron chi connectivity index (χ1n) is 9.73. The van der Waals surface area contributed by atoms with Crippen LogP contribution in [0.2, 0.25) is 5.02 Å². The van der Waals surface area contributed by atoms with E-state index in [-0.39, 0.29) is 11.7 Å². The van der Waals surface area contributed by atoms with Gasteiger partial charge in [-0.15, -0.1) is 5.10 Å². The Bertz CT molecular complexity index is 1280. The lowest BCUT2D eigenvalue weighted by atomic mass is 10.1. The van der Waals surface area contributed by atoms with Crippen LogP contribution < -0.4 is 10.1 Å². The molecule has 0 bridgehead atoms. The van der Waals surface area contributed by atoms with Gasteiger partial charge in [0.2, 0.25) is 0 Å². The monoisotopic (exact) mass is 446 g/mol. The third kappa shape index (κ3) is 4.38. The number of amides is 1. The number of carbonyl (C=O) groups excluding carboxylic acids is 2. The number of methoxy groups -OCH3 is 1. The first-order chi connectivity index (χ1) is 15.5. The fraction of sp³-hybridized carbons (Fsp3) is 0.0833. The maximum absolute atomic E-state index is 12.8. The molecule has 3 aromatic carbocycles. The van der Waals surface area contributed by atoms with Gasteiger partial charge in [-0.05, 0) is 61.5 Å². The van der Waals surface area contributed by atoms with Gasteiger partial charge in [-0.25, -0.2) is 4.68 Å². The predicted molar refractivity (Wildman–Crippen MR) is 123 cm³/mol. The lowest BCUT2D eigenvalue weighted by Gasteiger charge is -2.12. The van der Waals surface area contributed by atoms with Crippen LogP contribution in [0.15, 0.2) is 72.9 Å². The molecule has 160 valence electrons. The summed E-state index contributed by atoms with van der Waals surface area (Å²) in [6.45, 7) is 1.47. The minimum Gasteiger partial charge on any atom is -0.495 e. The average molecular weight is 447 g/mol. The van der Waals surface area contributed by atoms with Crippen molar-refractivity contribution in [2.75, 3.05) is 12.4 Å². The van der Waals surface area contributed by atoms with Crippen molar-refractivity contribution in [3.8, 4) is 22.7 Å². The highest BCUT2D eigenvalue weighted by Crippen LogP contribution is 2.27. The van der Waals surface area contributed by atoms with Gasteiger partial charge in [-0.2, -0.15) is 0 Å². The van der Waals surface area contributed by atoms with E-state index in [4.69, 9.17) is 16.3 Å². The van der Waals surface area contributed by atoms with Crippen molar-refractivity contribution in [3.63, 3.8) is 0 Å². The van der Waals surface area contributed by atoms with E-state index < -0.39 is 0 Å². The topological polar surface area (TPSA) is 86.1 Å². The molecule has 0 aliphatic rings. The van der Waals surface area contributed by atoms with Crippen LogP contribution in [0, 0.1) is 0 Å². The molecule has 1 amide bonds. The lowest BCUT2D eigenvalue weighted by molar-refractivity contribution is 0.101. The molecule has 0 saturated heterocycles. The second-order valence-corrected chi connectivity index (χ2v) is 7.45. The maximum Gasteiger partial charge on any atom is 0.255 e. The molecule has 0 saturated carbocycles. The van der Waals surface area contributed by atoms with E-state index in [2.05, 4.69) is 15.6 Å². The SMILES string of the molecule is COc1ccc(C(C)=O)cc1NC(=O)c1ccc(-n2nncc2-c2ccc(Cl)cc2)cc1. The normalized spacial score (nSPS) is 10.6. The number of hydrogen-bond acceptors (Lipinski definition) is 5. The Morgan fingerprint density at radius 2 is 1.66 bits per heavy atom. The molecule has 0 aliphatic carbocycles. The van der Waals surface area contributed by atoms with Crippen LogP contribution >= 0.6 is 11.6 Å². The molecule has 32 heavy (non-hydrogen) atoms. The molecule has 0 fully saturated rings. The van der Waals surface area contributed by atoms with E-state index in [1.54, 1.807) is 65.5 Å². The molecule has 7 nitrogen and oxygen atoms in total. The van der Waals surface area contributed by atoms with Crippen LogP contribution in [0.25, 0.3) is 16.9 Å². The van der Waals surface area contributed by atoms with Crippen LogP contribution in [0.5, 0.6) is 5.75 Å². The summed E-state index contributed by atoms with van der Waals surface area (Å²) in [7, 11) is 1.50. The Kier molecular flexibility index (Phi) is 6.00. The molecule has 8 heteroatoms. The van der Waals surface area contributed by atoms with Gasteiger partial charge in [-0.1, -0.05) is 28.9 Å². The second kappa shape index (κ2) is 9.03. The van der Waals surface area contributed by atoms with Gasteiger partial charge < -0.3 is 10.1 Å². The van der Waals surface area contributed by atoms with Crippen molar-refractivity contribution < 1.29 is 14.3 Å². The van der Waals surface area contributed by atoms with E-state index in [1.165, 1.54) is 14.0 Å². The van der Waals surface area contributed by atoms with Gasteiger partial charge in [0.25, 0.3) is 5.91 Å². The number of ether oxygens (including phenoxy) is 1. The molecule has 4 rings (SSSR count). The first kappa shape index (κ1) is 21.3. The Morgan fingerprint density at radius 3 is 2.31 bits per heavy atom. The van der Waals surface area contributed by atoms with E-state index in [0.29, 0.717) is 27.6 Å². The summed E-state index contributed by atoms with van der Waals surface area (Å²) in [4.78, 5) is 24.5. The fourth-order valence-corrected chi connectivity index (χ4v) is 3.34. The summed E-state index contributed by atoms with van der Waals surface area (Å²) >= 11 is 5.98. The van der Waals surface area contributed by atoms with E-state index >= 15 is 0 Å². The van der Waals surface area contributed by atoms with Crippen molar-refractivity contribution in [3.05, 3.63) is 89.1 Å². The number of ketones is 1.